The van der Waals surface area contributed by atoms with Gasteiger partial charge in [0.05, 0.1) is 16.6 Å². The molecule has 0 aromatic carbocycles. The number of aryl methyl sites for hydroxylation is 1. The molecule has 20 heavy (non-hydrogen) atoms. The molecule has 3 heterocycles. The van der Waals surface area contributed by atoms with E-state index in [1.807, 2.05) is 13.0 Å². The first-order chi connectivity index (χ1) is 9.72. The minimum absolute atomic E-state index is 0.123. The molecule has 0 saturated heterocycles. The molecule has 0 saturated carbocycles. The lowest BCUT2D eigenvalue weighted by molar-refractivity contribution is 0.551. The highest BCUT2D eigenvalue weighted by atomic mass is 32.1. The Morgan fingerprint density at radius 1 is 1.30 bits per heavy atom. The topological polar surface area (TPSA) is 82.3 Å². The average Bonchev–Trinajstić information content (AvgIpc) is 3.16. The molecule has 3 rings (SSSR count). The highest BCUT2D eigenvalue weighted by Crippen LogP contribution is 2.26. The third-order valence-corrected chi connectivity index (χ3v) is 4.13. The van der Waals surface area contributed by atoms with E-state index in [0.717, 1.165) is 23.9 Å². The van der Waals surface area contributed by atoms with Crippen LogP contribution in [-0.2, 0) is 6.54 Å². The van der Waals surface area contributed by atoms with Crippen molar-refractivity contribution in [3.8, 4) is 10.6 Å². The summed E-state index contributed by atoms with van der Waals surface area (Å²) in [6.07, 6.45) is 1.76. The van der Waals surface area contributed by atoms with Crippen LogP contribution < -0.4 is 5.32 Å². The Morgan fingerprint density at radius 3 is 2.90 bits per heavy atom. The third kappa shape index (κ3) is 2.78. The van der Waals surface area contributed by atoms with Crippen LogP contribution in [0.5, 0.6) is 0 Å². The van der Waals surface area contributed by atoms with Gasteiger partial charge in [-0.25, -0.2) is 4.98 Å². The molecular weight excluding hydrogens is 272 g/mol. The van der Waals surface area contributed by atoms with Crippen molar-refractivity contribution >= 4 is 11.3 Å². The van der Waals surface area contributed by atoms with Crippen molar-refractivity contribution in [3.05, 3.63) is 40.9 Å². The first-order valence-corrected chi connectivity index (χ1v) is 7.25. The number of hydrogen-bond donors (Lipinski definition) is 3. The van der Waals surface area contributed by atoms with E-state index in [0.29, 0.717) is 0 Å². The normalized spacial score (nSPS) is 12.7. The van der Waals surface area contributed by atoms with Gasteiger partial charge in [-0.05, 0) is 32.0 Å². The average molecular weight is 288 g/mol. The van der Waals surface area contributed by atoms with Gasteiger partial charge in [0, 0.05) is 17.6 Å². The molecule has 1 unspecified atom stereocenters. The maximum absolute atomic E-state index is 4.33. The second-order valence-corrected chi connectivity index (χ2v) is 5.79. The number of thiophene rings is 1. The minimum atomic E-state index is 0.123. The SMILES string of the molecule is Cc1nc(C(C)NCc2ccc(-c3ccn[nH]3)s2)n[nH]1. The highest BCUT2D eigenvalue weighted by Gasteiger charge is 2.11. The van der Waals surface area contributed by atoms with Crippen molar-refractivity contribution in [1.29, 1.82) is 0 Å². The van der Waals surface area contributed by atoms with Crippen LogP contribution in [0.3, 0.4) is 0 Å². The zero-order valence-corrected chi connectivity index (χ0v) is 12.2. The van der Waals surface area contributed by atoms with Gasteiger partial charge in [-0.3, -0.25) is 10.2 Å². The van der Waals surface area contributed by atoms with Gasteiger partial charge in [0.2, 0.25) is 0 Å². The van der Waals surface area contributed by atoms with Crippen LogP contribution >= 0.6 is 11.3 Å². The Labute approximate surface area is 120 Å². The molecule has 0 fully saturated rings. The molecule has 0 bridgehead atoms. The maximum atomic E-state index is 4.33. The summed E-state index contributed by atoms with van der Waals surface area (Å²) in [7, 11) is 0. The highest BCUT2D eigenvalue weighted by molar-refractivity contribution is 7.15. The maximum Gasteiger partial charge on any atom is 0.167 e. The lowest BCUT2D eigenvalue weighted by Crippen LogP contribution is -2.18. The van der Waals surface area contributed by atoms with Crippen LogP contribution in [0, 0.1) is 6.92 Å². The lowest BCUT2D eigenvalue weighted by Gasteiger charge is -2.08. The van der Waals surface area contributed by atoms with Crippen molar-refractivity contribution in [1.82, 2.24) is 30.7 Å². The molecule has 3 aromatic heterocycles. The van der Waals surface area contributed by atoms with Gasteiger partial charge in [0.15, 0.2) is 5.82 Å². The molecule has 3 aromatic rings. The van der Waals surface area contributed by atoms with Gasteiger partial charge in [0.25, 0.3) is 0 Å². The zero-order chi connectivity index (χ0) is 13.9. The Hall–Kier alpha value is -1.99. The van der Waals surface area contributed by atoms with Crippen LogP contribution in [0.2, 0.25) is 0 Å². The van der Waals surface area contributed by atoms with Crippen LogP contribution in [0.1, 0.15) is 29.5 Å². The molecule has 0 aliphatic carbocycles. The molecular formula is C13H16N6S. The van der Waals surface area contributed by atoms with E-state index in [1.165, 1.54) is 9.75 Å². The summed E-state index contributed by atoms with van der Waals surface area (Å²) in [6, 6.07) is 6.33. The summed E-state index contributed by atoms with van der Waals surface area (Å²) < 4.78 is 0. The van der Waals surface area contributed by atoms with Gasteiger partial charge >= 0.3 is 0 Å². The van der Waals surface area contributed by atoms with Crippen molar-refractivity contribution in [2.75, 3.05) is 0 Å². The fourth-order valence-electron chi connectivity index (χ4n) is 1.91. The van der Waals surface area contributed by atoms with Crippen LogP contribution in [-0.4, -0.2) is 25.4 Å². The molecule has 3 N–H and O–H groups in total. The van der Waals surface area contributed by atoms with Crippen LogP contribution in [0.25, 0.3) is 10.6 Å². The van der Waals surface area contributed by atoms with Gasteiger partial charge in [0.1, 0.15) is 5.82 Å². The molecule has 6 nitrogen and oxygen atoms in total. The number of hydrogen-bond acceptors (Lipinski definition) is 5. The summed E-state index contributed by atoms with van der Waals surface area (Å²) in [4.78, 5) is 6.80. The Bertz CT molecular complexity index is 669. The largest absolute Gasteiger partial charge is 0.303 e. The molecule has 104 valence electrons. The Balaban J connectivity index is 1.61. The Kier molecular flexibility index (Phi) is 3.62. The van der Waals surface area contributed by atoms with Crippen LogP contribution in [0.4, 0.5) is 0 Å². The second kappa shape index (κ2) is 5.56. The van der Waals surface area contributed by atoms with E-state index in [-0.39, 0.29) is 6.04 Å². The van der Waals surface area contributed by atoms with E-state index in [4.69, 9.17) is 0 Å². The quantitative estimate of drug-likeness (QED) is 0.673. The number of H-pyrrole nitrogens is 2. The summed E-state index contributed by atoms with van der Waals surface area (Å²) in [5.41, 5.74) is 1.05. The molecule has 0 aliphatic heterocycles. The molecule has 1 atom stereocenters. The predicted molar refractivity (Wildman–Crippen MR) is 78.3 cm³/mol. The first kappa shape index (κ1) is 13.0. The first-order valence-electron chi connectivity index (χ1n) is 6.43. The summed E-state index contributed by atoms with van der Waals surface area (Å²) in [5.74, 6) is 1.64. The molecule has 0 amide bonds. The summed E-state index contributed by atoms with van der Waals surface area (Å²) in [6.45, 7) is 4.76. The van der Waals surface area contributed by atoms with Gasteiger partial charge in [-0.1, -0.05) is 0 Å². The predicted octanol–water partition coefficient (Wildman–Crippen LogP) is 2.42. The van der Waals surface area contributed by atoms with E-state index >= 15 is 0 Å². The van der Waals surface area contributed by atoms with E-state index in [1.54, 1.807) is 17.5 Å². The number of aromatic amines is 2. The summed E-state index contributed by atoms with van der Waals surface area (Å²) in [5, 5.41) is 17.4. The lowest BCUT2D eigenvalue weighted by atomic mass is 10.3. The number of aromatic nitrogens is 5. The standard InChI is InChI=1S/C13H16N6S/c1-8(13-16-9(2)17-19-13)14-7-10-3-4-12(20-10)11-5-6-15-18-11/h3-6,8,14H,7H2,1-2H3,(H,15,18)(H,16,17,19). The minimum Gasteiger partial charge on any atom is -0.303 e. The molecule has 0 radical (unpaired) electrons. The van der Waals surface area contributed by atoms with Gasteiger partial charge in [-0.2, -0.15) is 10.2 Å². The fraction of sp³-hybridized carbons (Fsp3) is 0.308. The van der Waals surface area contributed by atoms with Crippen molar-refractivity contribution in [3.63, 3.8) is 0 Å². The number of nitrogens with zero attached hydrogens (tertiary/aromatic N) is 3. The molecule has 0 aliphatic rings. The molecule has 0 spiro atoms. The van der Waals surface area contributed by atoms with E-state index in [2.05, 4.69) is 49.8 Å². The monoisotopic (exact) mass is 288 g/mol. The van der Waals surface area contributed by atoms with E-state index in [9.17, 15) is 0 Å². The van der Waals surface area contributed by atoms with Crippen molar-refractivity contribution in [2.45, 2.75) is 26.4 Å². The summed E-state index contributed by atoms with van der Waals surface area (Å²) >= 11 is 1.75. The second-order valence-electron chi connectivity index (χ2n) is 4.62. The smallest absolute Gasteiger partial charge is 0.167 e. The number of nitrogens with one attached hydrogen (secondary N) is 3. The molecule has 7 heteroatoms. The van der Waals surface area contributed by atoms with Gasteiger partial charge in [-0.15, -0.1) is 11.3 Å². The van der Waals surface area contributed by atoms with Crippen molar-refractivity contribution < 1.29 is 0 Å². The zero-order valence-electron chi connectivity index (χ0n) is 11.3. The number of rotatable bonds is 5. The van der Waals surface area contributed by atoms with E-state index < -0.39 is 0 Å². The van der Waals surface area contributed by atoms with Crippen molar-refractivity contribution in [2.24, 2.45) is 0 Å². The fourth-order valence-corrected chi connectivity index (χ4v) is 2.84. The Morgan fingerprint density at radius 2 is 2.20 bits per heavy atom. The third-order valence-electron chi connectivity index (χ3n) is 3.01. The van der Waals surface area contributed by atoms with Gasteiger partial charge < -0.3 is 5.32 Å². The van der Waals surface area contributed by atoms with Crippen LogP contribution in [0.15, 0.2) is 24.4 Å².